The molecule has 1 saturated heterocycles. The van der Waals surface area contributed by atoms with Crippen molar-refractivity contribution in [2.45, 2.75) is 89.0 Å². The summed E-state index contributed by atoms with van der Waals surface area (Å²) in [5.41, 5.74) is -0.875. The monoisotopic (exact) mass is 525 g/mol. The number of hydrogen-bond donors (Lipinski definition) is 2. The van der Waals surface area contributed by atoms with Gasteiger partial charge in [0.05, 0.1) is 27.7 Å². The minimum absolute atomic E-state index is 0.0784. The number of aliphatic hydroxyl groups is 1. The van der Waals surface area contributed by atoms with Gasteiger partial charge in [-0.1, -0.05) is 17.7 Å². The second-order valence-corrected chi connectivity index (χ2v) is 11.5. The van der Waals surface area contributed by atoms with Gasteiger partial charge in [0.25, 0.3) is 5.91 Å². The van der Waals surface area contributed by atoms with E-state index in [0.29, 0.717) is 29.1 Å². The maximum absolute atomic E-state index is 13.5. The van der Waals surface area contributed by atoms with Crippen LogP contribution in [-0.4, -0.2) is 62.8 Å². The lowest BCUT2D eigenvalue weighted by molar-refractivity contribution is -0.101. The summed E-state index contributed by atoms with van der Waals surface area (Å²) < 4.78 is 34.5. The number of amides is 2. The lowest BCUT2D eigenvalue weighted by Crippen LogP contribution is -2.47. The zero-order valence-corrected chi connectivity index (χ0v) is 21.7. The number of likely N-dealkylation sites (tertiary alicyclic amines) is 1. The van der Waals surface area contributed by atoms with Gasteiger partial charge in [0.2, 0.25) is 5.92 Å². The third-order valence-electron chi connectivity index (χ3n) is 7.00. The number of rotatable bonds is 5. The van der Waals surface area contributed by atoms with E-state index in [2.05, 4.69) is 5.32 Å². The molecule has 2 aliphatic rings. The van der Waals surface area contributed by atoms with Crippen molar-refractivity contribution in [3.05, 3.63) is 35.0 Å². The summed E-state index contributed by atoms with van der Waals surface area (Å²) in [6.45, 7) is 6.44. The van der Waals surface area contributed by atoms with Crippen LogP contribution in [0.15, 0.2) is 24.4 Å². The molecule has 0 spiro atoms. The van der Waals surface area contributed by atoms with Crippen molar-refractivity contribution < 1.29 is 28.2 Å². The number of alkyl halides is 2. The summed E-state index contributed by atoms with van der Waals surface area (Å²) in [5, 5.41) is 14.4. The number of halogens is 3. The molecule has 2 fully saturated rings. The second-order valence-electron chi connectivity index (χ2n) is 11.1. The molecular weight excluding hydrogens is 492 g/mol. The van der Waals surface area contributed by atoms with Crippen LogP contribution in [0.25, 0.3) is 10.9 Å². The van der Waals surface area contributed by atoms with Crippen molar-refractivity contribution in [1.29, 1.82) is 0 Å². The van der Waals surface area contributed by atoms with Gasteiger partial charge < -0.3 is 24.6 Å². The van der Waals surface area contributed by atoms with Gasteiger partial charge in [-0.25, -0.2) is 13.6 Å². The molecule has 36 heavy (non-hydrogen) atoms. The summed E-state index contributed by atoms with van der Waals surface area (Å²) in [6.07, 6.45) is 2.05. The first-order valence-corrected chi connectivity index (χ1v) is 12.8. The summed E-state index contributed by atoms with van der Waals surface area (Å²) in [6, 6.07) is 5.26. The highest BCUT2D eigenvalue weighted by Gasteiger charge is 2.42. The van der Waals surface area contributed by atoms with Crippen molar-refractivity contribution in [2.24, 2.45) is 0 Å². The van der Waals surface area contributed by atoms with Crippen LogP contribution >= 0.6 is 11.6 Å². The molecule has 4 rings (SSSR count). The van der Waals surface area contributed by atoms with Gasteiger partial charge in [-0.15, -0.1) is 0 Å². The summed E-state index contributed by atoms with van der Waals surface area (Å²) >= 11 is 6.49. The fraction of sp³-hybridized carbons (Fsp3) is 0.615. The lowest BCUT2D eigenvalue weighted by Gasteiger charge is -2.35. The number of carbonyl (C=O) groups is 2. The Labute approximate surface area is 214 Å². The number of hydrogen-bond acceptors (Lipinski definition) is 4. The molecule has 1 aromatic carbocycles. The number of nitrogens with one attached hydrogen (secondary N) is 1. The molecule has 2 aromatic rings. The van der Waals surface area contributed by atoms with E-state index in [0.717, 1.165) is 18.4 Å². The Morgan fingerprint density at radius 3 is 2.58 bits per heavy atom. The Morgan fingerprint density at radius 2 is 1.92 bits per heavy atom. The van der Waals surface area contributed by atoms with E-state index >= 15 is 0 Å². The van der Waals surface area contributed by atoms with E-state index in [1.54, 1.807) is 23.2 Å². The van der Waals surface area contributed by atoms with Crippen LogP contribution in [0.1, 0.15) is 69.7 Å². The molecule has 1 saturated carbocycles. The van der Waals surface area contributed by atoms with Gasteiger partial charge in [0.1, 0.15) is 5.60 Å². The molecule has 1 aromatic heterocycles. The molecule has 0 radical (unpaired) electrons. The first-order valence-electron chi connectivity index (χ1n) is 12.4. The van der Waals surface area contributed by atoms with Crippen LogP contribution < -0.4 is 5.32 Å². The minimum Gasteiger partial charge on any atom is -0.444 e. The number of fused-ring (bicyclic) bond motifs is 1. The Bertz CT molecular complexity index is 1130. The van der Waals surface area contributed by atoms with E-state index in [4.69, 9.17) is 16.3 Å². The fourth-order valence-corrected chi connectivity index (χ4v) is 5.31. The summed E-state index contributed by atoms with van der Waals surface area (Å²) in [5.74, 6) is -3.21. The molecule has 2 amide bonds. The zero-order chi connectivity index (χ0) is 26.3. The van der Waals surface area contributed by atoms with Gasteiger partial charge in [-0.3, -0.25) is 4.79 Å². The molecule has 7 nitrogen and oxygen atoms in total. The first-order chi connectivity index (χ1) is 16.8. The van der Waals surface area contributed by atoms with E-state index in [1.807, 2.05) is 31.4 Å². The van der Waals surface area contributed by atoms with Crippen LogP contribution in [0.2, 0.25) is 5.02 Å². The van der Waals surface area contributed by atoms with Gasteiger partial charge in [0.15, 0.2) is 0 Å². The highest BCUT2D eigenvalue weighted by Crippen LogP contribution is 2.38. The number of aromatic nitrogens is 1. The third kappa shape index (κ3) is 5.94. The van der Waals surface area contributed by atoms with Gasteiger partial charge in [0, 0.05) is 44.1 Å². The average Bonchev–Trinajstić information content (AvgIpc) is 3.40. The predicted octanol–water partition coefficient (Wildman–Crippen LogP) is 5.36. The number of ether oxygens (including phenoxy) is 1. The Hall–Kier alpha value is -2.39. The first kappa shape index (κ1) is 26.7. The van der Waals surface area contributed by atoms with Crippen LogP contribution in [-0.2, 0) is 11.3 Å². The Balaban J connectivity index is 1.53. The van der Waals surface area contributed by atoms with Crippen LogP contribution in [0.5, 0.6) is 0 Å². The van der Waals surface area contributed by atoms with Crippen molar-refractivity contribution >= 4 is 34.5 Å². The highest BCUT2D eigenvalue weighted by molar-refractivity contribution is 6.36. The quantitative estimate of drug-likeness (QED) is 0.550. The fourth-order valence-electron chi connectivity index (χ4n) is 5.04. The normalized spacial score (nSPS) is 21.5. The second kappa shape index (κ2) is 9.82. The van der Waals surface area contributed by atoms with Crippen LogP contribution in [0, 0.1) is 0 Å². The SMILES string of the molecule is CC(C)(C)OC(=O)N1CCCC1Cn1cc(C(=O)NCC2(O)CCC(F)(F)CC2)c2c(Cl)cccc21. The van der Waals surface area contributed by atoms with Crippen molar-refractivity contribution in [2.75, 3.05) is 13.1 Å². The van der Waals surface area contributed by atoms with E-state index in [9.17, 15) is 23.5 Å². The molecule has 2 N–H and O–H groups in total. The maximum atomic E-state index is 13.5. The van der Waals surface area contributed by atoms with Gasteiger partial charge in [-0.05, 0) is 58.6 Å². The lowest BCUT2D eigenvalue weighted by atomic mass is 9.82. The molecule has 1 unspecified atom stereocenters. The maximum Gasteiger partial charge on any atom is 0.410 e. The standard InChI is InChI=1S/C26H34ClF2N3O4/c1-24(2,3)36-23(34)32-13-5-6-17(32)14-31-15-18(21-19(27)7-4-8-20(21)31)22(33)30-16-25(35)9-11-26(28,29)12-10-25/h4,7-8,15,17,35H,5-6,9-14,16H2,1-3H3,(H,30,33). The van der Waals surface area contributed by atoms with Crippen molar-refractivity contribution in [3.63, 3.8) is 0 Å². The molecule has 10 heteroatoms. The van der Waals surface area contributed by atoms with E-state index in [1.165, 1.54) is 0 Å². The van der Waals surface area contributed by atoms with E-state index < -0.39 is 35.9 Å². The molecule has 2 heterocycles. The van der Waals surface area contributed by atoms with Crippen LogP contribution in [0.4, 0.5) is 13.6 Å². The predicted molar refractivity (Wildman–Crippen MR) is 134 cm³/mol. The number of carbonyl (C=O) groups excluding carboxylic acids is 2. The van der Waals surface area contributed by atoms with Crippen LogP contribution in [0.3, 0.4) is 0 Å². The minimum atomic E-state index is -2.77. The molecule has 0 bridgehead atoms. The molecule has 1 aliphatic heterocycles. The van der Waals surface area contributed by atoms with Gasteiger partial charge in [-0.2, -0.15) is 0 Å². The van der Waals surface area contributed by atoms with Crippen molar-refractivity contribution in [3.8, 4) is 0 Å². The molecular formula is C26H34ClF2N3O4. The Morgan fingerprint density at radius 1 is 1.22 bits per heavy atom. The van der Waals surface area contributed by atoms with Gasteiger partial charge >= 0.3 is 6.09 Å². The van der Waals surface area contributed by atoms with Crippen molar-refractivity contribution in [1.82, 2.24) is 14.8 Å². The largest absolute Gasteiger partial charge is 0.444 e. The summed E-state index contributed by atoms with van der Waals surface area (Å²) in [4.78, 5) is 27.6. The number of nitrogens with zero attached hydrogens (tertiary/aromatic N) is 2. The zero-order valence-electron chi connectivity index (χ0n) is 21.0. The highest BCUT2D eigenvalue weighted by atomic mass is 35.5. The topological polar surface area (TPSA) is 83.8 Å². The molecule has 198 valence electrons. The molecule has 1 atom stereocenters. The molecule has 1 aliphatic carbocycles. The third-order valence-corrected chi connectivity index (χ3v) is 7.32. The number of benzene rings is 1. The average molecular weight is 526 g/mol. The smallest absolute Gasteiger partial charge is 0.410 e. The summed E-state index contributed by atoms with van der Waals surface area (Å²) in [7, 11) is 0. The van der Waals surface area contributed by atoms with E-state index in [-0.39, 0.29) is 31.5 Å². The Kier molecular flexibility index (Phi) is 7.27.